The third-order valence-corrected chi connectivity index (χ3v) is 7.28. The highest BCUT2D eigenvalue weighted by atomic mass is 32.1. The van der Waals surface area contributed by atoms with Crippen LogP contribution in [0.1, 0.15) is 46.7 Å². The van der Waals surface area contributed by atoms with Gasteiger partial charge in [-0.3, -0.25) is 14.8 Å². The predicted octanol–water partition coefficient (Wildman–Crippen LogP) is 5.08. The summed E-state index contributed by atoms with van der Waals surface area (Å²) < 4.78 is 15.5. The normalized spacial score (nSPS) is 16.9. The maximum absolute atomic E-state index is 13.2. The van der Waals surface area contributed by atoms with Gasteiger partial charge in [0.05, 0.1) is 17.8 Å². The molecule has 7 nitrogen and oxygen atoms in total. The predicted molar refractivity (Wildman–Crippen MR) is 149 cm³/mol. The molecule has 2 atom stereocenters. The van der Waals surface area contributed by atoms with E-state index in [9.17, 15) is 9.18 Å². The molecule has 2 unspecified atom stereocenters. The second kappa shape index (κ2) is 11.1. The number of amides is 1. The van der Waals surface area contributed by atoms with Crippen LogP contribution in [-0.4, -0.2) is 37.0 Å². The molecule has 1 aromatic carbocycles. The van der Waals surface area contributed by atoms with Gasteiger partial charge in [-0.05, 0) is 91.8 Å². The van der Waals surface area contributed by atoms with Crippen LogP contribution in [0.25, 0.3) is 0 Å². The molecule has 9 heteroatoms. The van der Waals surface area contributed by atoms with E-state index in [1.165, 1.54) is 17.7 Å². The van der Waals surface area contributed by atoms with Crippen molar-refractivity contribution in [1.29, 1.82) is 0 Å². The van der Waals surface area contributed by atoms with Gasteiger partial charge >= 0.3 is 0 Å². The molecule has 0 aliphatic carbocycles. The van der Waals surface area contributed by atoms with Crippen LogP contribution in [0.3, 0.4) is 0 Å². The number of benzene rings is 1. The van der Waals surface area contributed by atoms with E-state index in [1.54, 1.807) is 30.7 Å². The van der Waals surface area contributed by atoms with Crippen LogP contribution >= 0.6 is 12.2 Å². The minimum atomic E-state index is -0.346. The minimum absolute atomic E-state index is 0.145. The number of nitrogens with one attached hydrogen (secondary N) is 2. The highest BCUT2D eigenvalue weighted by Crippen LogP contribution is 2.41. The number of carbonyl (C=O) groups is 1. The number of halogens is 1. The number of pyridine rings is 2. The fourth-order valence-electron chi connectivity index (χ4n) is 5.00. The first-order valence-electron chi connectivity index (χ1n) is 12.5. The van der Waals surface area contributed by atoms with Gasteiger partial charge in [-0.2, -0.15) is 0 Å². The minimum Gasteiger partial charge on any atom is -0.352 e. The summed E-state index contributed by atoms with van der Waals surface area (Å²) in [5.74, 6) is -0.510. The Morgan fingerprint density at radius 1 is 1.08 bits per heavy atom. The van der Waals surface area contributed by atoms with Crippen LogP contribution in [0, 0.1) is 19.7 Å². The number of aryl methyl sites for hydroxylation is 1. The van der Waals surface area contributed by atoms with Crippen molar-refractivity contribution >= 4 is 28.9 Å². The molecule has 0 radical (unpaired) electrons. The van der Waals surface area contributed by atoms with Crippen LogP contribution in [0.15, 0.2) is 79.3 Å². The molecule has 1 aliphatic rings. The van der Waals surface area contributed by atoms with E-state index >= 15 is 0 Å². The van der Waals surface area contributed by atoms with Crippen molar-refractivity contribution in [2.24, 2.45) is 0 Å². The van der Waals surface area contributed by atoms with Crippen LogP contribution in [-0.2, 0) is 11.3 Å². The molecule has 1 saturated heterocycles. The number of hydrogen-bond donors (Lipinski definition) is 2. The van der Waals surface area contributed by atoms with E-state index in [-0.39, 0.29) is 30.2 Å². The Hall–Kier alpha value is -4.11. The van der Waals surface area contributed by atoms with Crippen molar-refractivity contribution in [2.75, 3.05) is 11.9 Å². The first kappa shape index (κ1) is 25.5. The van der Waals surface area contributed by atoms with E-state index in [0.717, 1.165) is 29.2 Å². The van der Waals surface area contributed by atoms with Crippen molar-refractivity contribution in [1.82, 2.24) is 24.8 Å². The average molecular weight is 529 g/mol. The summed E-state index contributed by atoms with van der Waals surface area (Å²) in [5.41, 5.74) is 6.03. The zero-order valence-electron chi connectivity index (χ0n) is 21.3. The van der Waals surface area contributed by atoms with Crippen LogP contribution in [0.4, 0.5) is 10.1 Å². The average Bonchev–Trinajstić information content (AvgIpc) is 3.40. The summed E-state index contributed by atoms with van der Waals surface area (Å²) in [7, 11) is 0. The number of carbonyl (C=O) groups excluding carboxylic acids is 1. The van der Waals surface area contributed by atoms with Crippen molar-refractivity contribution in [3.05, 3.63) is 113 Å². The zero-order chi connectivity index (χ0) is 26.6. The van der Waals surface area contributed by atoms with E-state index in [4.69, 9.17) is 12.2 Å². The Balaban J connectivity index is 1.42. The summed E-state index contributed by atoms with van der Waals surface area (Å²) in [6.07, 6.45) is 5.61. The third kappa shape index (κ3) is 5.43. The maximum Gasteiger partial charge on any atom is 0.226 e. The lowest BCUT2D eigenvalue weighted by atomic mass is 9.96. The quantitative estimate of drug-likeness (QED) is 0.311. The largest absolute Gasteiger partial charge is 0.352 e. The number of aromatic nitrogens is 3. The van der Waals surface area contributed by atoms with Crippen molar-refractivity contribution < 1.29 is 9.18 Å². The Morgan fingerprint density at radius 2 is 1.84 bits per heavy atom. The number of rotatable bonds is 8. The molecule has 0 saturated carbocycles. The topological polar surface area (TPSA) is 75.1 Å². The lowest BCUT2D eigenvalue weighted by molar-refractivity contribution is -0.116. The highest BCUT2D eigenvalue weighted by molar-refractivity contribution is 7.80. The van der Waals surface area contributed by atoms with Crippen LogP contribution < -0.4 is 10.6 Å². The number of thiocarbonyl (C=S) groups is 1. The third-order valence-electron chi connectivity index (χ3n) is 6.93. The molecule has 1 amide bonds. The smallest absolute Gasteiger partial charge is 0.226 e. The molecule has 0 bridgehead atoms. The number of hydrogen-bond acceptors (Lipinski definition) is 4. The fraction of sp³-hybridized carbons (Fsp3) is 0.241. The molecule has 1 aliphatic heterocycles. The second-order valence-corrected chi connectivity index (χ2v) is 9.78. The monoisotopic (exact) mass is 528 g/mol. The Morgan fingerprint density at radius 3 is 2.55 bits per heavy atom. The zero-order valence-corrected chi connectivity index (χ0v) is 22.1. The molecular formula is C29H29FN6OS. The number of anilines is 1. The van der Waals surface area contributed by atoms with Gasteiger partial charge in [-0.1, -0.05) is 6.07 Å². The Bertz CT molecular complexity index is 1420. The SMILES string of the molecule is Cc1cc(C2C(c3ccccn3)NC(=S)N2CCC(=O)Nc2ccc(F)cc2)c(C)n1Cc1ccncc1. The fourth-order valence-corrected chi connectivity index (χ4v) is 5.34. The number of nitrogens with zero attached hydrogens (tertiary/aromatic N) is 4. The summed E-state index contributed by atoms with van der Waals surface area (Å²) in [4.78, 5) is 23.6. The molecule has 3 aromatic heterocycles. The first-order chi connectivity index (χ1) is 18.4. The van der Waals surface area contributed by atoms with Gasteiger partial charge in [0.25, 0.3) is 0 Å². The van der Waals surface area contributed by atoms with Gasteiger partial charge in [0.15, 0.2) is 5.11 Å². The van der Waals surface area contributed by atoms with E-state index in [1.807, 2.05) is 30.3 Å². The van der Waals surface area contributed by atoms with E-state index in [0.29, 0.717) is 17.3 Å². The molecule has 1 fully saturated rings. The van der Waals surface area contributed by atoms with Gasteiger partial charge in [-0.25, -0.2) is 4.39 Å². The lowest BCUT2D eigenvalue weighted by Crippen LogP contribution is -2.33. The molecule has 194 valence electrons. The summed E-state index contributed by atoms with van der Waals surface area (Å²) in [6.45, 7) is 5.38. The van der Waals surface area contributed by atoms with Crippen LogP contribution in [0.2, 0.25) is 0 Å². The van der Waals surface area contributed by atoms with Crippen molar-refractivity contribution in [2.45, 2.75) is 38.9 Å². The van der Waals surface area contributed by atoms with E-state index < -0.39 is 0 Å². The molecule has 0 spiro atoms. The molecule has 4 aromatic rings. The second-order valence-electron chi connectivity index (χ2n) is 9.39. The first-order valence-corrected chi connectivity index (χ1v) is 12.9. The molecule has 2 N–H and O–H groups in total. The van der Waals surface area contributed by atoms with Gasteiger partial charge in [0.1, 0.15) is 5.82 Å². The Kier molecular flexibility index (Phi) is 7.46. The van der Waals surface area contributed by atoms with Crippen molar-refractivity contribution in [3.8, 4) is 0 Å². The van der Waals surface area contributed by atoms with Crippen molar-refractivity contribution in [3.63, 3.8) is 0 Å². The van der Waals surface area contributed by atoms with Gasteiger partial charge in [-0.15, -0.1) is 0 Å². The van der Waals surface area contributed by atoms with Gasteiger partial charge < -0.3 is 20.1 Å². The summed E-state index contributed by atoms with van der Waals surface area (Å²) >= 11 is 5.78. The van der Waals surface area contributed by atoms with Crippen LogP contribution in [0.5, 0.6) is 0 Å². The molecule has 4 heterocycles. The van der Waals surface area contributed by atoms with Gasteiger partial charge in [0.2, 0.25) is 5.91 Å². The molecular weight excluding hydrogens is 499 g/mol. The Labute approximate surface area is 226 Å². The lowest BCUT2D eigenvalue weighted by Gasteiger charge is -2.28. The maximum atomic E-state index is 13.2. The molecule has 5 rings (SSSR count). The van der Waals surface area contributed by atoms with E-state index in [2.05, 4.69) is 50.0 Å². The highest BCUT2D eigenvalue weighted by Gasteiger charge is 2.41. The van der Waals surface area contributed by atoms with Gasteiger partial charge in [0, 0.05) is 55.2 Å². The molecule has 38 heavy (non-hydrogen) atoms. The standard InChI is InChI=1S/C29H29FN6OS/c1-19-17-24(20(2)36(19)18-21-10-14-31-15-11-21)28-27(25-5-3-4-13-32-25)34-29(38)35(28)16-12-26(37)33-23-8-6-22(30)7-9-23/h3-11,13-15,17,27-28H,12,16,18H2,1-2H3,(H,33,37)(H,34,38). The summed E-state index contributed by atoms with van der Waals surface area (Å²) in [5, 5.41) is 6.88. The summed E-state index contributed by atoms with van der Waals surface area (Å²) in [6, 6.07) is 17.5.